The molecule has 0 saturated heterocycles. The molecule has 1 aromatic carbocycles. The first kappa shape index (κ1) is 15.3. The summed E-state index contributed by atoms with van der Waals surface area (Å²) in [4.78, 5) is 0. The molecule has 0 spiro atoms. The molecule has 1 aliphatic carbocycles. The van der Waals surface area contributed by atoms with Crippen LogP contribution in [0.4, 0.5) is 0 Å². The smallest absolute Gasteiger partial charge is 0.119 e. The molecule has 112 valence electrons. The molecule has 3 nitrogen and oxygen atoms in total. The maximum absolute atomic E-state index is 5.61. The molecule has 0 amide bonds. The second-order valence-corrected chi connectivity index (χ2v) is 5.41. The fraction of sp³-hybridized carbons (Fsp3) is 0.647. The van der Waals surface area contributed by atoms with E-state index < -0.39 is 0 Å². The Balaban J connectivity index is 1.68. The number of ether oxygens (including phenoxy) is 2. The number of benzene rings is 1. The summed E-state index contributed by atoms with van der Waals surface area (Å²) in [6.45, 7) is 4.97. The summed E-state index contributed by atoms with van der Waals surface area (Å²) in [7, 11) is 0. The van der Waals surface area contributed by atoms with Crippen molar-refractivity contribution in [2.24, 2.45) is 0 Å². The van der Waals surface area contributed by atoms with Crippen LogP contribution in [-0.2, 0) is 11.3 Å². The predicted octanol–water partition coefficient (Wildman–Crippen LogP) is 3.52. The van der Waals surface area contributed by atoms with Gasteiger partial charge in [-0.1, -0.05) is 31.4 Å². The van der Waals surface area contributed by atoms with E-state index in [2.05, 4.69) is 17.4 Å². The van der Waals surface area contributed by atoms with E-state index in [-0.39, 0.29) is 0 Å². The van der Waals surface area contributed by atoms with Crippen LogP contribution >= 0.6 is 0 Å². The predicted molar refractivity (Wildman–Crippen MR) is 82.1 cm³/mol. The molecule has 0 heterocycles. The Hall–Kier alpha value is -1.06. The van der Waals surface area contributed by atoms with Crippen LogP contribution in [0, 0.1) is 0 Å². The molecule has 0 aromatic heterocycles. The maximum Gasteiger partial charge on any atom is 0.119 e. The van der Waals surface area contributed by atoms with Crippen LogP contribution < -0.4 is 10.1 Å². The monoisotopic (exact) mass is 277 g/mol. The summed E-state index contributed by atoms with van der Waals surface area (Å²) in [5.74, 6) is 0.922. The van der Waals surface area contributed by atoms with E-state index in [0.29, 0.717) is 19.3 Å². The lowest BCUT2D eigenvalue weighted by Crippen LogP contribution is -2.30. The SMILES string of the molecule is CCOCCOc1ccc(CNC2CCCCC2)cc1. The largest absolute Gasteiger partial charge is 0.491 e. The van der Waals surface area contributed by atoms with Gasteiger partial charge >= 0.3 is 0 Å². The van der Waals surface area contributed by atoms with Gasteiger partial charge in [0.1, 0.15) is 12.4 Å². The molecule has 1 saturated carbocycles. The van der Waals surface area contributed by atoms with Crippen molar-refractivity contribution in [3.8, 4) is 5.75 Å². The minimum atomic E-state index is 0.619. The van der Waals surface area contributed by atoms with E-state index in [1.165, 1.54) is 37.7 Å². The zero-order valence-corrected chi connectivity index (χ0v) is 12.6. The van der Waals surface area contributed by atoms with Gasteiger partial charge in [-0.15, -0.1) is 0 Å². The van der Waals surface area contributed by atoms with Crippen LogP contribution in [0.2, 0.25) is 0 Å². The molecule has 0 aliphatic heterocycles. The van der Waals surface area contributed by atoms with Crippen LogP contribution in [-0.4, -0.2) is 25.9 Å². The summed E-state index contributed by atoms with van der Waals surface area (Å²) in [6, 6.07) is 9.09. The number of nitrogens with one attached hydrogen (secondary N) is 1. The Kier molecular flexibility index (Phi) is 6.89. The van der Waals surface area contributed by atoms with Gasteiger partial charge in [-0.05, 0) is 37.5 Å². The van der Waals surface area contributed by atoms with E-state index in [1.807, 2.05) is 19.1 Å². The van der Waals surface area contributed by atoms with Crippen molar-refractivity contribution in [2.75, 3.05) is 19.8 Å². The molecular formula is C17H27NO2. The van der Waals surface area contributed by atoms with Gasteiger partial charge in [0.15, 0.2) is 0 Å². The minimum absolute atomic E-state index is 0.619. The molecule has 20 heavy (non-hydrogen) atoms. The molecular weight excluding hydrogens is 250 g/mol. The second kappa shape index (κ2) is 8.98. The quantitative estimate of drug-likeness (QED) is 0.737. The van der Waals surface area contributed by atoms with E-state index in [9.17, 15) is 0 Å². The van der Waals surface area contributed by atoms with Crippen molar-refractivity contribution in [1.82, 2.24) is 5.32 Å². The van der Waals surface area contributed by atoms with E-state index in [1.54, 1.807) is 0 Å². The van der Waals surface area contributed by atoms with Crippen LogP contribution in [0.5, 0.6) is 5.75 Å². The number of rotatable bonds is 8. The van der Waals surface area contributed by atoms with Crippen LogP contribution in [0.1, 0.15) is 44.6 Å². The molecule has 0 unspecified atom stereocenters. The van der Waals surface area contributed by atoms with Crippen LogP contribution in [0.25, 0.3) is 0 Å². The molecule has 1 aliphatic rings. The maximum atomic E-state index is 5.61. The molecule has 1 fully saturated rings. The first-order valence-electron chi connectivity index (χ1n) is 7.91. The molecule has 1 N–H and O–H groups in total. The molecule has 0 bridgehead atoms. The zero-order valence-electron chi connectivity index (χ0n) is 12.6. The van der Waals surface area contributed by atoms with E-state index in [4.69, 9.17) is 9.47 Å². The van der Waals surface area contributed by atoms with E-state index >= 15 is 0 Å². The molecule has 1 aromatic rings. The summed E-state index contributed by atoms with van der Waals surface area (Å²) in [5, 5.41) is 3.66. The number of hydrogen-bond donors (Lipinski definition) is 1. The highest BCUT2D eigenvalue weighted by Crippen LogP contribution is 2.18. The third-order valence-corrected chi connectivity index (χ3v) is 3.82. The number of hydrogen-bond acceptors (Lipinski definition) is 3. The Morgan fingerprint density at radius 3 is 2.50 bits per heavy atom. The minimum Gasteiger partial charge on any atom is -0.491 e. The van der Waals surface area contributed by atoms with Gasteiger partial charge in [-0.2, -0.15) is 0 Å². The van der Waals surface area contributed by atoms with Gasteiger partial charge in [0.05, 0.1) is 6.61 Å². The highest BCUT2D eigenvalue weighted by atomic mass is 16.5. The van der Waals surface area contributed by atoms with Crippen LogP contribution in [0.15, 0.2) is 24.3 Å². The lowest BCUT2D eigenvalue weighted by Gasteiger charge is -2.22. The Morgan fingerprint density at radius 2 is 1.80 bits per heavy atom. The molecule has 2 rings (SSSR count). The normalized spacial score (nSPS) is 16.2. The third-order valence-electron chi connectivity index (χ3n) is 3.82. The summed E-state index contributed by atoms with van der Waals surface area (Å²) >= 11 is 0. The highest BCUT2D eigenvalue weighted by molar-refractivity contribution is 5.27. The topological polar surface area (TPSA) is 30.5 Å². The second-order valence-electron chi connectivity index (χ2n) is 5.41. The van der Waals surface area contributed by atoms with E-state index in [0.717, 1.165) is 18.9 Å². The van der Waals surface area contributed by atoms with Gasteiger partial charge in [0, 0.05) is 19.2 Å². The first-order valence-corrected chi connectivity index (χ1v) is 7.91. The van der Waals surface area contributed by atoms with Gasteiger partial charge < -0.3 is 14.8 Å². The average Bonchev–Trinajstić information content (AvgIpc) is 2.52. The summed E-state index contributed by atoms with van der Waals surface area (Å²) < 4.78 is 10.9. The third kappa shape index (κ3) is 5.51. The molecule has 0 radical (unpaired) electrons. The van der Waals surface area contributed by atoms with Crippen molar-refractivity contribution in [3.63, 3.8) is 0 Å². The van der Waals surface area contributed by atoms with Crippen molar-refractivity contribution in [3.05, 3.63) is 29.8 Å². The average molecular weight is 277 g/mol. The fourth-order valence-corrected chi connectivity index (χ4v) is 2.64. The fourth-order valence-electron chi connectivity index (χ4n) is 2.64. The standard InChI is InChI=1S/C17H27NO2/c1-2-19-12-13-20-17-10-8-15(9-11-17)14-18-16-6-4-3-5-7-16/h8-11,16,18H,2-7,12-14H2,1H3. The summed E-state index contributed by atoms with van der Waals surface area (Å²) in [6.07, 6.45) is 6.83. The lowest BCUT2D eigenvalue weighted by atomic mass is 9.95. The Morgan fingerprint density at radius 1 is 1.05 bits per heavy atom. The van der Waals surface area contributed by atoms with Gasteiger partial charge in [0.2, 0.25) is 0 Å². The highest BCUT2D eigenvalue weighted by Gasteiger charge is 2.12. The van der Waals surface area contributed by atoms with Crippen molar-refractivity contribution >= 4 is 0 Å². The van der Waals surface area contributed by atoms with Crippen molar-refractivity contribution in [2.45, 2.75) is 51.6 Å². The van der Waals surface area contributed by atoms with Crippen molar-refractivity contribution < 1.29 is 9.47 Å². The van der Waals surface area contributed by atoms with Crippen LogP contribution in [0.3, 0.4) is 0 Å². The van der Waals surface area contributed by atoms with Gasteiger partial charge in [0.25, 0.3) is 0 Å². The lowest BCUT2D eigenvalue weighted by molar-refractivity contribution is 0.110. The molecule has 0 atom stereocenters. The Bertz CT molecular complexity index is 358. The zero-order chi connectivity index (χ0) is 14.0. The van der Waals surface area contributed by atoms with Crippen molar-refractivity contribution in [1.29, 1.82) is 0 Å². The summed E-state index contributed by atoms with van der Waals surface area (Å²) in [5.41, 5.74) is 1.33. The molecule has 3 heteroatoms. The van der Waals surface area contributed by atoms with Gasteiger partial charge in [-0.25, -0.2) is 0 Å². The Labute approximate surface area is 122 Å². The van der Waals surface area contributed by atoms with Gasteiger partial charge in [-0.3, -0.25) is 0 Å². The first-order chi connectivity index (χ1) is 9.88.